The fourth-order valence-electron chi connectivity index (χ4n) is 1.49. The van der Waals surface area contributed by atoms with Crippen LogP contribution in [-0.2, 0) is 9.59 Å². The molecule has 0 radical (unpaired) electrons. The van der Waals surface area contributed by atoms with Crippen LogP contribution >= 0.6 is 0 Å². The standard InChI is InChI=1S/C14H13N3O3/c1-9-5-6-12(15-8-9)17-14(20)13(19)16-10-3-2-4-11(18)7-10/h2-8,18H,1H3,(H,16,19)(H,15,17,20). The van der Waals surface area contributed by atoms with Gasteiger partial charge in [-0.15, -0.1) is 0 Å². The molecule has 0 bridgehead atoms. The molecule has 0 aliphatic heterocycles. The van der Waals surface area contributed by atoms with Crippen LogP contribution in [0.4, 0.5) is 11.5 Å². The lowest BCUT2D eigenvalue weighted by Gasteiger charge is -2.06. The molecule has 3 N–H and O–H groups in total. The van der Waals surface area contributed by atoms with Gasteiger partial charge in [-0.1, -0.05) is 12.1 Å². The lowest BCUT2D eigenvalue weighted by Crippen LogP contribution is -2.29. The second kappa shape index (κ2) is 5.83. The van der Waals surface area contributed by atoms with E-state index in [4.69, 9.17) is 0 Å². The number of benzene rings is 1. The van der Waals surface area contributed by atoms with E-state index in [9.17, 15) is 14.7 Å². The van der Waals surface area contributed by atoms with Crippen LogP contribution in [0.1, 0.15) is 5.56 Å². The van der Waals surface area contributed by atoms with Gasteiger partial charge in [0.2, 0.25) is 0 Å². The van der Waals surface area contributed by atoms with Gasteiger partial charge in [-0.3, -0.25) is 9.59 Å². The van der Waals surface area contributed by atoms with Crippen molar-refractivity contribution in [2.75, 3.05) is 10.6 Å². The van der Waals surface area contributed by atoms with Crippen LogP contribution in [0.5, 0.6) is 5.75 Å². The number of amides is 2. The molecule has 0 saturated heterocycles. The molecule has 0 spiro atoms. The minimum absolute atomic E-state index is 0.00316. The number of nitrogens with one attached hydrogen (secondary N) is 2. The number of aromatic hydroxyl groups is 1. The zero-order chi connectivity index (χ0) is 14.5. The Morgan fingerprint density at radius 3 is 2.50 bits per heavy atom. The van der Waals surface area contributed by atoms with E-state index in [1.807, 2.05) is 6.92 Å². The van der Waals surface area contributed by atoms with Gasteiger partial charge in [0.25, 0.3) is 0 Å². The number of carbonyl (C=O) groups excluding carboxylic acids is 2. The van der Waals surface area contributed by atoms with Crippen molar-refractivity contribution in [3.8, 4) is 5.75 Å². The zero-order valence-electron chi connectivity index (χ0n) is 10.8. The molecule has 1 aromatic carbocycles. The third-order valence-electron chi connectivity index (χ3n) is 2.46. The van der Waals surface area contributed by atoms with Gasteiger partial charge in [0, 0.05) is 18.0 Å². The van der Waals surface area contributed by atoms with Crippen molar-refractivity contribution in [3.63, 3.8) is 0 Å². The molecule has 2 rings (SSSR count). The summed E-state index contributed by atoms with van der Waals surface area (Å²) in [4.78, 5) is 27.3. The molecule has 102 valence electrons. The monoisotopic (exact) mass is 271 g/mol. The molecule has 0 atom stereocenters. The maximum Gasteiger partial charge on any atom is 0.315 e. The first-order valence-corrected chi connectivity index (χ1v) is 5.88. The number of pyridine rings is 1. The van der Waals surface area contributed by atoms with Crippen molar-refractivity contribution in [1.82, 2.24) is 4.98 Å². The molecular formula is C14H13N3O3. The van der Waals surface area contributed by atoms with E-state index in [-0.39, 0.29) is 5.75 Å². The predicted molar refractivity (Wildman–Crippen MR) is 74.3 cm³/mol. The van der Waals surface area contributed by atoms with Gasteiger partial charge < -0.3 is 15.7 Å². The van der Waals surface area contributed by atoms with Crippen LogP contribution in [0.3, 0.4) is 0 Å². The van der Waals surface area contributed by atoms with Crippen molar-refractivity contribution in [2.45, 2.75) is 6.92 Å². The number of phenolic OH excluding ortho intramolecular Hbond substituents is 1. The van der Waals surface area contributed by atoms with E-state index in [2.05, 4.69) is 15.6 Å². The third-order valence-corrected chi connectivity index (χ3v) is 2.46. The summed E-state index contributed by atoms with van der Waals surface area (Å²) in [5.41, 5.74) is 1.29. The highest BCUT2D eigenvalue weighted by molar-refractivity contribution is 6.43. The van der Waals surface area contributed by atoms with Gasteiger partial charge in [-0.05, 0) is 30.7 Å². The van der Waals surface area contributed by atoms with Crippen molar-refractivity contribution in [2.24, 2.45) is 0 Å². The molecule has 1 heterocycles. The third kappa shape index (κ3) is 3.55. The second-order valence-corrected chi connectivity index (χ2v) is 4.18. The molecule has 2 amide bonds. The molecule has 0 aliphatic rings. The second-order valence-electron chi connectivity index (χ2n) is 4.18. The number of aryl methyl sites for hydroxylation is 1. The van der Waals surface area contributed by atoms with Gasteiger partial charge in [-0.2, -0.15) is 0 Å². The van der Waals surface area contributed by atoms with E-state index < -0.39 is 11.8 Å². The molecule has 6 nitrogen and oxygen atoms in total. The Labute approximate surface area is 115 Å². The molecule has 0 aliphatic carbocycles. The first-order chi connectivity index (χ1) is 9.54. The number of anilines is 2. The summed E-state index contributed by atoms with van der Waals surface area (Å²) in [6, 6.07) is 9.31. The van der Waals surface area contributed by atoms with Crippen LogP contribution < -0.4 is 10.6 Å². The Kier molecular flexibility index (Phi) is 3.95. The first-order valence-electron chi connectivity index (χ1n) is 5.88. The van der Waals surface area contributed by atoms with Gasteiger partial charge >= 0.3 is 11.8 Å². The first kappa shape index (κ1) is 13.5. The summed E-state index contributed by atoms with van der Waals surface area (Å²) in [5.74, 6) is -1.36. The summed E-state index contributed by atoms with van der Waals surface area (Å²) >= 11 is 0. The average Bonchev–Trinajstić information content (AvgIpc) is 2.41. The lowest BCUT2D eigenvalue weighted by molar-refractivity contribution is -0.133. The summed E-state index contributed by atoms with van der Waals surface area (Å²) in [5, 5.41) is 14.0. The van der Waals surface area contributed by atoms with Crippen LogP contribution in [0.15, 0.2) is 42.6 Å². The summed E-state index contributed by atoms with van der Waals surface area (Å²) in [6.45, 7) is 1.87. The van der Waals surface area contributed by atoms with Crippen molar-refractivity contribution >= 4 is 23.3 Å². The Balaban J connectivity index is 1.98. The van der Waals surface area contributed by atoms with E-state index >= 15 is 0 Å². The maximum absolute atomic E-state index is 11.7. The van der Waals surface area contributed by atoms with Crippen molar-refractivity contribution < 1.29 is 14.7 Å². The number of carbonyl (C=O) groups is 2. The van der Waals surface area contributed by atoms with E-state index in [1.54, 1.807) is 30.5 Å². The normalized spacial score (nSPS) is 9.85. The topological polar surface area (TPSA) is 91.3 Å². The fourth-order valence-corrected chi connectivity index (χ4v) is 1.49. The number of hydrogen-bond acceptors (Lipinski definition) is 4. The SMILES string of the molecule is Cc1ccc(NC(=O)C(=O)Nc2cccc(O)c2)nc1. The minimum atomic E-state index is -0.835. The molecule has 20 heavy (non-hydrogen) atoms. The number of nitrogens with zero attached hydrogens (tertiary/aromatic N) is 1. The number of aromatic nitrogens is 1. The van der Waals surface area contributed by atoms with Gasteiger partial charge in [0.15, 0.2) is 0 Å². The van der Waals surface area contributed by atoms with E-state index in [0.717, 1.165) is 5.56 Å². The summed E-state index contributed by atoms with van der Waals surface area (Å²) < 4.78 is 0. The van der Waals surface area contributed by atoms with Crippen molar-refractivity contribution in [3.05, 3.63) is 48.2 Å². The van der Waals surface area contributed by atoms with Gasteiger partial charge in [0.05, 0.1) is 0 Å². The average molecular weight is 271 g/mol. The molecule has 6 heteroatoms. The maximum atomic E-state index is 11.7. The molecule has 1 aromatic heterocycles. The Morgan fingerprint density at radius 2 is 1.85 bits per heavy atom. The van der Waals surface area contributed by atoms with Crippen LogP contribution in [0, 0.1) is 6.92 Å². The minimum Gasteiger partial charge on any atom is -0.508 e. The number of hydrogen-bond donors (Lipinski definition) is 3. The van der Waals surface area contributed by atoms with Crippen LogP contribution in [-0.4, -0.2) is 21.9 Å². The largest absolute Gasteiger partial charge is 0.508 e. The van der Waals surface area contributed by atoms with Gasteiger partial charge in [0.1, 0.15) is 11.6 Å². The quantitative estimate of drug-likeness (QED) is 0.724. The van der Waals surface area contributed by atoms with Crippen LogP contribution in [0.2, 0.25) is 0 Å². The zero-order valence-corrected chi connectivity index (χ0v) is 10.8. The predicted octanol–water partition coefficient (Wildman–Crippen LogP) is 1.67. The smallest absolute Gasteiger partial charge is 0.315 e. The Bertz CT molecular complexity index is 638. The van der Waals surface area contributed by atoms with Gasteiger partial charge in [-0.25, -0.2) is 4.98 Å². The highest BCUT2D eigenvalue weighted by Crippen LogP contribution is 2.15. The molecule has 0 fully saturated rings. The highest BCUT2D eigenvalue weighted by Gasteiger charge is 2.14. The molecule has 0 unspecified atom stereocenters. The molecule has 0 saturated carbocycles. The van der Waals surface area contributed by atoms with Crippen molar-refractivity contribution in [1.29, 1.82) is 0 Å². The number of phenols is 1. The van der Waals surface area contributed by atoms with E-state index in [1.165, 1.54) is 12.1 Å². The fraction of sp³-hybridized carbons (Fsp3) is 0.0714. The Morgan fingerprint density at radius 1 is 1.10 bits per heavy atom. The molecule has 2 aromatic rings. The lowest BCUT2D eigenvalue weighted by atomic mass is 10.3. The summed E-state index contributed by atoms with van der Waals surface area (Å²) in [6.07, 6.45) is 1.59. The highest BCUT2D eigenvalue weighted by atomic mass is 16.3. The Hall–Kier alpha value is -2.89. The molecular weight excluding hydrogens is 258 g/mol. The van der Waals surface area contributed by atoms with Crippen LogP contribution in [0.25, 0.3) is 0 Å². The van der Waals surface area contributed by atoms with E-state index in [0.29, 0.717) is 11.5 Å². The summed E-state index contributed by atoms with van der Waals surface area (Å²) in [7, 11) is 0. The number of rotatable bonds is 2.